The van der Waals surface area contributed by atoms with Crippen LogP contribution < -0.4 is 5.32 Å². The molecule has 2 aliphatic heterocycles. The summed E-state index contributed by atoms with van der Waals surface area (Å²) in [5.74, 6) is 1.00. The summed E-state index contributed by atoms with van der Waals surface area (Å²) in [4.78, 5) is 6.83. The van der Waals surface area contributed by atoms with Crippen molar-refractivity contribution in [2.45, 2.75) is 51.2 Å². The summed E-state index contributed by atoms with van der Waals surface area (Å²) in [6.07, 6.45) is 6.44. The van der Waals surface area contributed by atoms with Gasteiger partial charge in [0.1, 0.15) is 6.10 Å². The van der Waals surface area contributed by atoms with E-state index in [1.807, 2.05) is 7.05 Å². The van der Waals surface area contributed by atoms with E-state index in [4.69, 9.17) is 14.2 Å². The zero-order valence-corrected chi connectivity index (χ0v) is 15.3. The van der Waals surface area contributed by atoms with Gasteiger partial charge in [-0.3, -0.25) is 4.99 Å². The van der Waals surface area contributed by atoms with Crippen LogP contribution in [0.2, 0.25) is 0 Å². The lowest BCUT2D eigenvalue weighted by atomic mass is 10.0. The lowest BCUT2D eigenvalue weighted by Gasteiger charge is -2.37. The van der Waals surface area contributed by atoms with Crippen LogP contribution in [0.4, 0.5) is 0 Å². The van der Waals surface area contributed by atoms with Crippen LogP contribution in [0.15, 0.2) is 4.99 Å². The van der Waals surface area contributed by atoms with Gasteiger partial charge in [0.05, 0.1) is 12.7 Å². The third-order valence-corrected chi connectivity index (χ3v) is 5.54. The first-order valence-corrected chi connectivity index (χ1v) is 9.53. The average Bonchev–Trinajstić information content (AvgIpc) is 3.16. The number of guanidine groups is 1. The number of nitrogens with one attached hydrogen (secondary N) is 1. The van der Waals surface area contributed by atoms with Crippen LogP contribution in [-0.4, -0.2) is 76.2 Å². The molecule has 1 N–H and O–H groups in total. The van der Waals surface area contributed by atoms with Crippen molar-refractivity contribution in [1.82, 2.24) is 10.2 Å². The molecule has 0 aromatic rings. The molecule has 138 valence electrons. The Morgan fingerprint density at radius 2 is 2.12 bits per heavy atom. The number of aliphatic imine (C=N–C) groups is 1. The molecule has 1 aliphatic carbocycles. The molecule has 0 aromatic heterocycles. The molecule has 0 aromatic carbocycles. The number of hydrogen-bond acceptors (Lipinski definition) is 4. The second-order valence-electron chi connectivity index (χ2n) is 7.25. The summed E-state index contributed by atoms with van der Waals surface area (Å²) >= 11 is 0. The molecule has 2 heterocycles. The van der Waals surface area contributed by atoms with Crippen molar-refractivity contribution < 1.29 is 14.2 Å². The van der Waals surface area contributed by atoms with Gasteiger partial charge < -0.3 is 24.4 Å². The van der Waals surface area contributed by atoms with Gasteiger partial charge in [0.2, 0.25) is 0 Å². The van der Waals surface area contributed by atoms with Crippen LogP contribution in [0, 0.1) is 5.41 Å². The van der Waals surface area contributed by atoms with Crippen molar-refractivity contribution in [3.63, 3.8) is 0 Å². The van der Waals surface area contributed by atoms with Crippen LogP contribution >= 0.6 is 0 Å². The Bertz CT molecular complexity index is 420. The highest BCUT2D eigenvalue weighted by molar-refractivity contribution is 5.80. The molecule has 2 atom stereocenters. The van der Waals surface area contributed by atoms with E-state index in [2.05, 4.69) is 22.1 Å². The summed E-state index contributed by atoms with van der Waals surface area (Å²) in [7, 11) is 1.87. The van der Waals surface area contributed by atoms with Crippen molar-refractivity contribution in [1.29, 1.82) is 0 Å². The van der Waals surface area contributed by atoms with Gasteiger partial charge in [-0.25, -0.2) is 0 Å². The maximum Gasteiger partial charge on any atom is 0.193 e. The van der Waals surface area contributed by atoms with E-state index >= 15 is 0 Å². The van der Waals surface area contributed by atoms with Crippen molar-refractivity contribution in [2.24, 2.45) is 10.4 Å². The molecular formula is C18H33N3O3. The highest BCUT2D eigenvalue weighted by atomic mass is 16.5. The summed E-state index contributed by atoms with van der Waals surface area (Å²) in [6, 6.07) is 0. The molecule has 0 bridgehead atoms. The second kappa shape index (κ2) is 8.50. The summed E-state index contributed by atoms with van der Waals surface area (Å²) in [5.41, 5.74) is 0.422. The molecule has 6 heteroatoms. The van der Waals surface area contributed by atoms with Crippen LogP contribution in [-0.2, 0) is 14.2 Å². The first kappa shape index (κ1) is 18.0. The Morgan fingerprint density at radius 3 is 2.79 bits per heavy atom. The molecule has 0 amide bonds. The smallest absolute Gasteiger partial charge is 0.193 e. The number of rotatable bonds is 7. The summed E-state index contributed by atoms with van der Waals surface area (Å²) in [6.45, 7) is 8.13. The van der Waals surface area contributed by atoms with Gasteiger partial charge in [0.15, 0.2) is 5.96 Å². The van der Waals surface area contributed by atoms with Crippen molar-refractivity contribution in [2.75, 3.05) is 53.1 Å². The third kappa shape index (κ3) is 4.61. The van der Waals surface area contributed by atoms with Crippen molar-refractivity contribution >= 4 is 5.96 Å². The van der Waals surface area contributed by atoms with Crippen LogP contribution in [0.1, 0.15) is 39.0 Å². The molecule has 2 saturated heterocycles. The van der Waals surface area contributed by atoms with Crippen molar-refractivity contribution in [3.05, 3.63) is 0 Å². The van der Waals surface area contributed by atoms with Gasteiger partial charge >= 0.3 is 0 Å². The first-order chi connectivity index (χ1) is 11.8. The molecule has 1 saturated carbocycles. The first-order valence-electron chi connectivity index (χ1n) is 9.53. The zero-order valence-electron chi connectivity index (χ0n) is 15.3. The van der Waals surface area contributed by atoms with Crippen LogP contribution in [0.3, 0.4) is 0 Å². The summed E-state index contributed by atoms with van der Waals surface area (Å²) in [5, 5.41) is 3.60. The van der Waals surface area contributed by atoms with E-state index in [-0.39, 0.29) is 12.2 Å². The monoisotopic (exact) mass is 339 g/mol. The van der Waals surface area contributed by atoms with Gasteiger partial charge in [-0.15, -0.1) is 0 Å². The van der Waals surface area contributed by atoms with Gasteiger partial charge in [-0.05, 0) is 44.4 Å². The average molecular weight is 339 g/mol. The van der Waals surface area contributed by atoms with Gasteiger partial charge in [-0.1, -0.05) is 0 Å². The Labute approximate surface area is 145 Å². The Morgan fingerprint density at radius 1 is 1.29 bits per heavy atom. The highest BCUT2D eigenvalue weighted by Gasteiger charge is 2.42. The van der Waals surface area contributed by atoms with E-state index < -0.39 is 0 Å². The molecule has 6 nitrogen and oxygen atoms in total. The molecule has 3 aliphatic rings. The zero-order chi connectivity index (χ0) is 16.8. The number of morpholine rings is 1. The lowest BCUT2D eigenvalue weighted by Crippen LogP contribution is -2.54. The lowest BCUT2D eigenvalue weighted by molar-refractivity contribution is -0.0817. The highest BCUT2D eigenvalue weighted by Crippen LogP contribution is 2.48. The summed E-state index contributed by atoms with van der Waals surface area (Å²) < 4.78 is 17.3. The maximum atomic E-state index is 5.94. The quantitative estimate of drug-likeness (QED) is 0.434. The Balaban J connectivity index is 1.47. The van der Waals surface area contributed by atoms with E-state index in [1.54, 1.807) is 0 Å². The van der Waals surface area contributed by atoms with E-state index in [1.165, 1.54) is 12.8 Å². The fourth-order valence-corrected chi connectivity index (χ4v) is 3.71. The molecule has 3 rings (SSSR count). The van der Waals surface area contributed by atoms with E-state index in [9.17, 15) is 0 Å². The minimum atomic E-state index is 0.174. The predicted molar refractivity (Wildman–Crippen MR) is 94.4 cm³/mol. The van der Waals surface area contributed by atoms with Crippen molar-refractivity contribution in [3.8, 4) is 0 Å². The fourth-order valence-electron chi connectivity index (χ4n) is 3.71. The van der Waals surface area contributed by atoms with Crippen LogP contribution in [0.25, 0.3) is 0 Å². The molecule has 0 spiro atoms. The van der Waals surface area contributed by atoms with Gasteiger partial charge in [0, 0.05) is 46.5 Å². The van der Waals surface area contributed by atoms with E-state index in [0.717, 1.165) is 71.3 Å². The molecule has 3 fully saturated rings. The predicted octanol–water partition coefficient (Wildman–Crippen LogP) is 1.65. The normalized spacial score (nSPS) is 29.8. The molecule has 24 heavy (non-hydrogen) atoms. The second-order valence-corrected chi connectivity index (χ2v) is 7.25. The minimum Gasteiger partial charge on any atom is -0.382 e. The largest absolute Gasteiger partial charge is 0.382 e. The SMILES string of the molecule is CCOCCC1(CNC(=NC)N2CCOC(C3CCCO3)C2)CC1. The number of hydrogen-bond donors (Lipinski definition) is 1. The number of ether oxygens (including phenoxy) is 3. The third-order valence-electron chi connectivity index (χ3n) is 5.54. The molecule has 2 unspecified atom stereocenters. The number of nitrogens with zero attached hydrogens (tertiary/aromatic N) is 2. The standard InChI is InChI=1S/C18H33N3O3/c1-3-22-11-8-18(6-7-18)14-20-17(19-2)21-9-12-24-16(13-21)15-5-4-10-23-15/h15-16H,3-14H2,1-2H3,(H,19,20). The minimum absolute atomic E-state index is 0.174. The molecular weight excluding hydrogens is 306 g/mol. The molecule has 0 radical (unpaired) electrons. The topological polar surface area (TPSA) is 55.3 Å². The maximum absolute atomic E-state index is 5.94. The van der Waals surface area contributed by atoms with Gasteiger partial charge in [0.25, 0.3) is 0 Å². The van der Waals surface area contributed by atoms with Crippen LogP contribution in [0.5, 0.6) is 0 Å². The van der Waals surface area contributed by atoms with E-state index in [0.29, 0.717) is 5.41 Å². The Hall–Kier alpha value is -0.850. The Kier molecular flexibility index (Phi) is 6.36. The van der Waals surface area contributed by atoms with Gasteiger partial charge in [-0.2, -0.15) is 0 Å². The fraction of sp³-hybridized carbons (Fsp3) is 0.944.